The number of fused-ring (bicyclic) bond motifs is 2. The van der Waals surface area contributed by atoms with Crippen molar-refractivity contribution in [2.45, 2.75) is 71.6 Å². The maximum atomic E-state index is 2.57. The van der Waals surface area contributed by atoms with E-state index in [2.05, 4.69) is 13.8 Å². The molecule has 0 aromatic rings. The van der Waals surface area contributed by atoms with Crippen molar-refractivity contribution >= 4 is 0 Å². The van der Waals surface area contributed by atoms with Crippen LogP contribution in [0.1, 0.15) is 71.6 Å². The van der Waals surface area contributed by atoms with Gasteiger partial charge in [-0.25, -0.2) is 0 Å². The highest BCUT2D eigenvalue weighted by Gasteiger charge is 2.59. The quantitative estimate of drug-likeness (QED) is 0.579. The molecule has 0 heteroatoms. The van der Waals surface area contributed by atoms with Crippen molar-refractivity contribution in [3.05, 3.63) is 0 Å². The molecule has 3 rings (SSSR count). The SMILES string of the molecule is CC1(C)CC2CCC1(C1CCCCC1)C2. The normalized spacial score (nSPS) is 44.8. The van der Waals surface area contributed by atoms with Crippen LogP contribution in [0.4, 0.5) is 0 Å². The van der Waals surface area contributed by atoms with Gasteiger partial charge in [-0.3, -0.25) is 0 Å². The zero-order valence-electron chi connectivity index (χ0n) is 10.5. The summed E-state index contributed by atoms with van der Waals surface area (Å²) < 4.78 is 0. The van der Waals surface area contributed by atoms with Gasteiger partial charge in [0.15, 0.2) is 0 Å². The molecule has 0 radical (unpaired) electrons. The minimum absolute atomic E-state index is 0.665. The second-order valence-electron chi connectivity index (χ2n) is 7.19. The Bertz CT molecular complexity index is 247. The molecule has 2 unspecified atom stereocenters. The second-order valence-corrected chi connectivity index (χ2v) is 7.19. The van der Waals surface area contributed by atoms with Gasteiger partial charge in [-0.15, -0.1) is 0 Å². The smallest absolute Gasteiger partial charge is 0.0215 e. The van der Waals surface area contributed by atoms with E-state index in [-0.39, 0.29) is 0 Å². The van der Waals surface area contributed by atoms with Crippen LogP contribution in [0.3, 0.4) is 0 Å². The third kappa shape index (κ3) is 1.33. The van der Waals surface area contributed by atoms with Gasteiger partial charge in [0, 0.05) is 0 Å². The lowest BCUT2D eigenvalue weighted by molar-refractivity contribution is 0.00594. The lowest BCUT2D eigenvalue weighted by atomic mass is 9.56. The number of rotatable bonds is 1. The molecule has 0 N–H and O–H groups in total. The van der Waals surface area contributed by atoms with E-state index in [9.17, 15) is 0 Å². The Kier molecular flexibility index (Phi) is 2.20. The van der Waals surface area contributed by atoms with E-state index < -0.39 is 0 Å². The first-order chi connectivity index (χ1) is 7.14. The number of hydrogen-bond acceptors (Lipinski definition) is 0. The van der Waals surface area contributed by atoms with Gasteiger partial charge in [0.05, 0.1) is 0 Å². The molecule has 2 atom stereocenters. The van der Waals surface area contributed by atoms with Crippen molar-refractivity contribution in [1.29, 1.82) is 0 Å². The monoisotopic (exact) mass is 206 g/mol. The third-order valence-electron chi connectivity index (χ3n) is 6.19. The molecular formula is C15H26. The summed E-state index contributed by atoms with van der Waals surface area (Å²) in [6.45, 7) is 5.14. The highest BCUT2D eigenvalue weighted by atomic mass is 14.6. The molecule has 0 saturated heterocycles. The zero-order chi connectivity index (χ0) is 10.5. The van der Waals surface area contributed by atoms with Crippen LogP contribution in [-0.4, -0.2) is 0 Å². The van der Waals surface area contributed by atoms with Crippen LogP contribution in [-0.2, 0) is 0 Å². The maximum Gasteiger partial charge on any atom is -0.0215 e. The largest absolute Gasteiger partial charge is 0.0594 e. The Morgan fingerprint density at radius 3 is 2.13 bits per heavy atom. The Labute approximate surface area is 94.8 Å². The Hall–Kier alpha value is 0. The minimum atomic E-state index is 0.665. The molecule has 3 aliphatic carbocycles. The van der Waals surface area contributed by atoms with E-state index >= 15 is 0 Å². The lowest BCUT2D eigenvalue weighted by Crippen LogP contribution is -2.40. The van der Waals surface area contributed by atoms with Crippen molar-refractivity contribution in [3.63, 3.8) is 0 Å². The van der Waals surface area contributed by atoms with E-state index in [0.717, 1.165) is 17.3 Å². The Morgan fingerprint density at radius 2 is 1.60 bits per heavy atom. The van der Waals surface area contributed by atoms with Gasteiger partial charge in [0.1, 0.15) is 0 Å². The van der Waals surface area contributed by atoms with Gasteiger partial charge >= 0.3 is 0 Å². The molecule has 0 aromatic heterocycles. The molecular weight excluding hydrogens is 180 g/mol. The predicted molar refractivity (Wildman–Crippen MR) is 64.7 cm³/mol. The fourth-order valence-corrected chi connectivity index (χ4v) is 5.47. The van der Waals surface area contributed by atoms with Gasteiger partial charge in [0.25, 0.3) is 0 Å². The lowest BCUT2D eigenvalue weighted by Gasteiger charge is -2.49. The zero-order valence-corrected chi connectivity index (χ0v) is 10.5. The Morgan fingerprint density at radius 1 is 0.867 bits per heavy atom. The molecule has 3 fully saturated rings. The van der Waals surface area contributed by atoms with Crippen LogP contribution in [0, 0.1) is 22.7 Å². The van der Waals surface area contributed by atoms with Crippen LogP contribution in [0.25, 0.3) is 0 Å². The molecule has 86 valence electrons. The summed E-state index contributed by atoms with van der Waals surface area (Å²) in [5, 5.41) is 0. The topological polar surface area (TPSA) is 0 Å². The molecule has 0 nitrogen and oxygen atoms in total. The molecule has 0 aliphatic heterocycles. The molecule has 15 heavy (non-hydrogen) atoms. The standard InChI is InChI=1S/C15H26/c1-14(2)10-12-8-9-15(14,11-12)13-6-4-3-5-7-13/h12-13H,3-11H2,1-2H3. The molecule has 0 amide bonds. The van der Waals surface area contributed by atoms with Gasteiger partial charge < -0.3 is 0 Å². The van der Waals surface area contributed by atoms with Crippen LogP contribution in [0.5, 0.6) is 0 Å². The van der Waals surface area contributed by atoms with Crippen LogP contribution < -0.4 is 0 Å². The molecule has 2 bridgehead atoms. The van der Waals surface area contributed by atoms with Crippen molar-refractivity contribution in [2.24, 2.45) is 22.7 Å². The van der Waals surface area contributed by atoms with Crippen LogP contribution >= 0.6 is 0 Å². The van der Waals surface area contributed by atoms with Crippen molar-refractivity contribution in [1.82, 2.24) is 0 Å². The molecule has 0 aromatic carbocycles. The summed E-state index contributed by atoms with van der Waals surface area (Å²) >= 11 is 0. The van der Waals surface area contributed by atoms with Crippen molar-refractivity contribution < 1.29 is 0 Å². The van der Waals surface area contributed by atoms with Gasteiger partial charge in [0.2, 0.25) is 0 Å². The fourth-order valence-electron chi connectivity index (χ4n) is 5.47. The molecule has 3 saturated carbocycles. The summed E-state index contributed by atoms with van der Waals surface area (Å²) in [7, 11) is 0. The fraction of sp³-hybridized carbons (Fsp3) is 1.00. The first kappa shape index (κ1) is 10.2. The van der Waals surface area contributed by atoms with E-state index in [0.29, 0.717) is 5.41 Å². The Balaban J connectivity index is 1.87. The third-order valence-corrected chi connectivity index (χ3v) is 6.19. The average molecular weight is 206 g/mol. The van der Waals surface area contributed by atoms with Gasteiger partial charge in [-0.05, 0) is 61.2 Å². The maximum absolute atomic E-state index is 2.57. The van der Waals surface area contributed by atoms with E-state index in [4.69, 9.17) is 0 Å². The summed E-state index contributed by atoms with van der Waals surface area (Å²) in [6, 6.07) is 0. The van der Waals surface area contributed by atoms with Crippen LogP contribution in [0.2, 0.25) is 0 Å². The van der Waals surface area contributed by atoms with E-state index in [1.807, 2.05) is 0 Å². The first-order valence-corrected chi connectivity index (χ1v) is 7.14. The highest BCUT2D eigenvalue weighted by molar-refractivity contribution is 5.09. The second kappa shape index (κ2) is 3.25. The summed E-state index contributed by atoms with van der Waals surface area (Å²) in [5.41, 5.74) is 1.44. The van der Waals surface area contributed by atoms with Gasteiger partial charge in [-0.2, -0.15) is 0 Å². The van der Waals surface area contributed by atoms with Crippen LogP contribution in [0.15, 0.2) is 0 Å². The minimum Gasteiger partial charge on any atom is -0.0594 e. The van der Waals surface area contributed by atoms with E-state index in [1.165, 1.54) is 25.7 Å². The van der Waals surface area contributed by atoms with Crippen molar-refractivity contribution in [2.75, 3.05) is 0 Å². The average Bonchev–Trinajstić information content (AvgIpc) is 2.74. The molecule has 0 heterocycles. The number of hydrogen-bond donors (Lipinski definition) is 0. The predicted octanol–water partition coefficient (Wildman–Crippen LogP) is 4.78. The highest BCUT2D eigenvalue weighted by Crippen LogP contribution is 2.69. The first-order valence-electron chi connectivity index (χ1n) is 7.14. The summed E-state index contributed by atoms with van der Waals surface area (Å²) in [4.78, 5) is 0. The van der Waals surface area contributed by atoms with E-state index in [1.54, 1.807) is 32.1 Å². The summed E-state index contributed by atoms with van der Waals surface area (Å²) in [6.07, 6.45) is 13.9. The molecule has 3 aliphatic rings. The van der Waals surface area contributed by atoms with Gasteiger partial charge in [-0.1, -0.05) is 33.1 Å². The summed E-state index contributed by atoms with van der Waals surface area (Å²) in [5.74, 6) is 2.19. The molecule has 0 spiro atoms. The van der Waals surface area contributed by atoms with Crippen molar-refractivity contribution in [3.8, 4) is 0 Å².